The van der Waals surface area contributed by atoms with Crippen molar-refractivity contribution in [3.63, 3.8) is 0 Å². The Labute approximate surface area is 101 Å². The van der Waals surface area contributed by atoms with Crippen LogP contribution in [-0.4, -0.2) is 19.0 Å². The smallest absolute Gasteiger partial charge is 0.374 e. The Hall–Kier alpha value is -1.79. The summed E-state index contributed by atoms with van der Waals surface area (Å²) in [6, 6.07) is 1.99. The number of anilines is 1. The summed E-state index contributed by atoms with van der Waals surface area (Å²) in [6.07, 6.45) is -4.55. The molecule has 1 rings (SSSR count). The summed E-state index contributed by atoms with van der Waals surface area (Å²) in [7, 11) is 0. The van der Waals surface area contributed by atoms with Gasteiger partial charge in [-0.05, 0) is 25.1 Å². The molecule has 0 heterocycles. The van der Waals surface area contributed by atoms with Crippen molar-refractivity contribution < 1.29 is 22.4 Å². The monoisotopic (exact) mass is 264 g/mol. The SMILES string of the molecule is CCNC(=O)CNc1cc(C(F)(F)F)ccc1F. The highest BCUT2D eigenvalue weighted by atomic mass is 19.4. The third-order valence-corrected chi connectivity index (χ3v) is 2.11. The van der Waals surface area contributed by atoms with Crippen LogP contribution in [0.3, 0.4) is 0 Å². The molecule has 1 aromatic rings. The van der Waals surface area contributed by atoms with E-state index < -0.39 is 23.5 Å². The molecule has 2 N–H and O–H groups in total. The molecule has 0 spiro atoms. The number of hydrogen-bond donors (Lipinski definition) is 2. The van der Waals surface area contributed by atoms with Gasteiger partial charge in [0.05, 0.1) is 17.8 Å². The van der Waals surface area contributed by atoms with E-state index in [1.807, 2.05) is 0 Å². The summed E-state index contributed by atoms with van der Waals surface area (Å²) >= 11 is 0. The van der Waals surface area contributed by atoms with Crippen LogP contribution in [-0.2, 0) is 11.0 Å². The molecule has 3 nitrogen and oxygen atoms in total. The number of halogens is 4. The lowest BCUT2D eigenvalue weighted by atomic mass is 10.2. The first kappa shape index (κ1) is 14.3. The van der Waals surface area contributed by atoms with Crippen molar-refractivity contribution in [1.82, 2.24) is 5.32 Å². The Morgan fingerprint density at radius 2 is 2.00 bits per heavy atom. The van der Waals surface area contributed by atoms with Gasteiger partial charge in [0.2, 0.25) is 5.91 Å². The number of alkyl halides is 3. The molecule has 0 fully saturated rings. The van der Waals surface area contributed by atoms with Crippen molar-refractivity contribution in [3.8, 4) is 0 Å². The predicted molar refractivity (Wildman–Crippen MR) is 58.6 cm³/mol. The van der Waals surface area contributed by atoms with Gasteiger partial charge in [-0.1, -0.05) is 0 Å². The molecule has 0 aromatic heterocycles. The molecule has 0 unspecified atom stereocenters. The fraction of sp³-hybridized carbons (Fsp3) is 0.364. The average molecular weight is 264 g/mol. The second-order valence-corrected chi connectivity index (χ2v) is 3.50. The Bertz CT molecular complexity index is 432. The maximum atomic E-state index is 13.2. The fourth-order valence-corrected chi connectivity index (χ4v) is 1.27. The van der Waals surface area contributed by atoms with Crippen LogP contribution < -0.4 is 10.6 Å². The van der Waals surface area contributed by atoms with Crippen molar-refractivity contribution in [1.29, 1.82) is 0 Å². The molecule has 0 radical (unpaired) electrons. The van der Waals surface area contributed by atoms with Crippen molar-refractivity contribution in [2.75, 3.05) is 18.4 Å². The minimum absolute atomic E-state index is 0.286. The number of hydrogen-bond acceptors (Lipinski definition) is 2. The lowest BCUT2D eigenvalue weighted by Crippen LogP contribution is -2.29. The Morgan fingerprint density at radius 3 is 2.56 bits per heavy atom. The molecule has 0 saturated carbocycles. The van der Waals surface area contributed by atoms with Gasteiger partial charge in [-0.3, -0.25) is 4.79 Å². The summed E-state index contributed by atoms with van der Waals surface area (Å²) in [5.41, 5.74) is -1.32. The van der Waals surface area contributed by atoms with Crippen molar-refractivity contribution in [3.05, 3.63) is 29.6 Å². The first-order chi connectivity index (χ1) is 8.34. The largest absolute Gasteiger partial charge is 0.416 e. The summed E-state index contributed by atoms with van der Waals surface area (Å²) in [4.78, 5) is 11.1. The van der Waals surface area contributed by atoms with E-state index in [2.05, 4.69) is 10.6 Å². The summed E-state index contributed by atoms with van der Waals surface area (Å²) < 4.78 is 50.4. The number of likely N-dealkylation sites (N-methyl/N-ethyl adjacent to an activating group) is 1. The number of carbonyl (C=O) groups excluding carboxylic acids is 1. The molecule has 100 valence electrons. The Kier molecular flexibility index (Phi) is 4.52. The molecule has 1 aromatic carbocycles. The summed E-state index contributed by atoms with van der Waals surface area (Å²) in [5, 5.41) is 4.76. The quantitative estimate of drug-likeness (QED) is 0.820. The van der Waals surface area contributed by atoms with Crippen molar-refractivity contribution in [2.45, 2.75) is 13.1 Å². The second-order valence-electron chi connectivity index (χ2n) is 3.50. The number of carbonyl (C=O) groups is 1. The standard InChI is InChI=1S/C11H12F4N2O/c1-2-16-10(18)6-17-9-5-7(11(13,14)15)3-4-8(9)12/h3-5,17H,2,6H2,1H3,(H,16,18). The zero-order chi connectivity index (χ0) is 13.8. The lowest BCUT2D eigenvalue weighted by molar-refractivity contribution is -0.137. The first-order valence-corrected chi connectivity index (χ1v) is 5.22. The van der Waals surface area contributed by atoms with E-state index in [0.29, 0.717) is 24.7 Å². The molecule has 1 amide bonds. The van der Waals surface area contributed by atoms with Crippen LogP contribution >= 0.6 is 0 Å². The minimum atomic E-state index is -4.55. The molecule has 0 aliphatic rings. The van der Waals surface area contributed by atoms with E-state index in [0.717, 1.165) is 0 Å². The van der Waals surface area contributed by atoms with Crippen LogP contribution in [0.2, 0.25) is 0 Å². The maximum Gasteiger partial charge on any atom is 0.416 e. The lowest BCUT2D eigenvalue weighted by Gasteiger charge is -2.11. The number of benzene rings is 1. The highest BCUT2D eigenvalue weighted by molar-refractivity contribution is 5.80. The van der Waals surface area contributed by atoms with Crippen molar-refractivity contribution in [2.24, 2.45) is 0 Å². The normalized spacial score (nSPS) is 11.2. The average Bonchev–Trinajstić information content (AvgIpc) is 2.26. The van der Waals surface area contributed by atoms with Gasteiger partial charge in [-0.25, -0.2) is 4.39 Å². The highest BCUT2D eigenvalue weighted by Crippen LogP contribution is 2.31. The predicted octanol–water partition coefficient (Wildman–Crippen LogP) is 2.39. The Morgan fingerprint density at radius 1 is 1.33 bits per heavy atom. The van der Waals surface area contributed by atoms with Crippen molar-refractivity contribution >= 4 is 11.6 Å². The molecule has 18 heavy (non-hydrogen) atoms. The minimum Gasteiger partial charge on any atom is -0.374 e. The van der Waals surface area contributed by atoms with Crippen LogP contribution in [0.1, 0.15) is 12.5 Å². The summed E-state index contributed by atoms with van der Waals surface area (Å²) in [6.45, 7) is 1.81. The van der Waals surface area contributed by atoms with Gasteiger partial charge >= 0.3 is 6.18 Å². The van der Waals surface area contributed by atoms with E-state index in [1.165, 1.54) is 0 Å². The molecule has 0 saturated heterocycles. The number of nitrogens with one attached hydrogen (secondary N) is 2. The molecule has 7 heteroatoms. The zero-order valence-corrected chi connectivity index (χ0v) is 9.57. The van der Waals surface area contributed by atoms with Gasteiger partial charge in [0.25, 0.3) is 0 Å². The third kappa shape index (κ3) is 3.90. The van der Waals surface area contributed by atoms with Gasteiger partial charge in [-0.15, -0.1) is 0 Å². The molecular weight excluding hydrogens is 252 g/mol. The number of rotatable bonds is 4. The van der Waals surface area contributed by atoms with Gasteiger partial charge in [-0.2, -0.15) is 13.2 Å². The highest BCUT2D eigenvalue weighted by Gasteiger charge is 2.31. The van der Waals surface area contributed by atoms with E-state index in [-0.39, 0.29) is 12.2 Å². The topological polar surface area (TPSA) is 41.1 Å². The van der Waals surface area contributed by atoms with Crippen LogP contribution in [0.25, 0.3) is 0 Å². The van der Waals surface area contributed by atoms with Crippen LogP contribution in [0.4, 0.5) is 23.2 Å². The van der Waals surface area contributed by atoms with E-state index in [1.54, 1.807) is 6.92 Å². The van der Waals surface area contributed by atoms with E-state index in [4.69, 9.17) is 0 Å². The van der Waals surface area contributed by atoms with Crippen LogP contribution in [0.5, 0.6) is 0 Å². The van der Waals surface area contributed by atoms with E-state index in [9.17, 15) is 22.4 Å². The molecule has 0 aliphatic carbocycles. The fourth-order valence-electron chi connectivity index (χ4n) is 1.27. The van der Waals surface area contributed by atoms with Gasteiger partial charge in [0.1, 0.15) is 5.82 Å². The first-order valence-electron chi connectivity index (χ1n) is 5.22. The molecule has 0 atom stereocenters. The third-order valence-electron chi connectivity index (χ3n) is 2.11. The zero-order valence-electron chi connectivity index (χ0n) is 9.57. The number of amides is 1. The molecular formula is C11H12F4N2O. The van der Waals surface area contributed by atoms with Gasteiger partial charge in [0, 0.05) is 6.54 Å². The summed E-state index contributed by atoms with van der Waals surface area (Å²) in [5.74, 6) is -1.26. The molecule has 0 aliphatic heterocycles. The van der Waals surface area contributed by atoms with E-state index >= 15 is 0 Å². The second kappa shape index (κ2) is 5.70. The Balaban J connectivity index is 2.79. The van der Waals surface area contributed by atoms with Gasteiger partial charge < -0.3 is 10.6 Å². The van der Waals surface area contributed by atoms with Crippen LogP contribution in [0.15, 0.2) is 18.2 Å². The van der Waals surface area contributed by atoms with Crippen LogP contribution in [0, 0.1) is 5.82 Å². The maximum absolute atomic E-state index is 13.2. The molecule has 0 bridgehead atoms. The van der Waals surface area contributed by atoms with Gasteiger partial charge in [0.15, 0.2) is 0 Å².